The van der Waals surface area contributed by atoms with Gasteiger partial charge in [0.2, 0.25) is 5.72 Å². The maximum atomic E-state index is 13.3. The number of nitrogens with zero attached hydrogens (tertiary/aromatic N) is 2. The van der Waals surface area contributed by atoms with Gasteiger partial charge in [-0.25, -0.2) is 4.79 Å². The van der Waals surface area contributed by atoms with Crippen molar-refractivity contribution in [2.45, 2.75) is 57.0 Å². The second kappa shape index (κ2) is 9.92. The summed E-state index contributed by atoms with van der Waals surface area (Å²) in [5.74, 6) is -0.485. The van der Waals surface area contributed by atoms with E-state index in [4.69, 9.17) is 14.2 Å². The van der Waals surface area contributed by atoms with Crippen LogP contribution in [-0.2, 0) is 25.6 Å². The number of hydrogen-bond acceptors (Lipinski definition) is 6. The van der Waals surface area contributed by atoms with Gasteiger partial charge >= 0.3 is 6.09 Å². The molecule has 0 radical (unpaired) electrons. The highest BCUT2D eigenvalue weighted by molar-refractivity contribution is 5.88. The Morgan fingerprint density at radius 1 is 1.20 bits per heavy atom. The predicted octanol–water partition coefficient (Wildman–Crippen LogP) is 2.73. The van der Waals surface area contributed by atoms with Crippen molar-refractivity contribution in [3.05, 3.63) is 35.9 Å². The van der Waals surface area contributed by atoms with E-state index in [0.29, 0.717) is 39.1 Å². The third-order valence-corrected chi connectivity index (χ3v) is 5.56. The van der Waals surface area contributed by atoms with Gasteiger partial charge in [-0.05, 0) is 38.2 Å². The van der Waals surface area contributed by atoms with E-state index in [9.17, 15) is 14.9 Å². The van der Waals surface area contributed by atoms with Crippen molar-refractivity contribution in [3.8, 4) is 6.07 Å². The van der Waals surface area contributed by atoms with E-state index in [2.05, 4.69) is 5.32 Å². The summed E-state index contributed by atoms with van der Waals surface area (Å²) in [6.07, 6.45) is 2.86. The number of benzene rings is 1. The van der Waals surface area contributed by atoms with E-state index in [1.165, 1.54) is 6.92 Å². The fourth-order valence-corrected chi connectivity index (χ4v) is 3.70. The van der Waals surface area contributed by atoms with Crippen LogP contribution >= 0.6 is 0 Å². The van der Waals surface area contributed by atoms with Gasteiger partial charge in [0.1, 0.15) is 6.07 Å². The number of nitriles is 1. The van der Waals surface area contributed by atoms with Crippen LogP contribution in [0, 0.1) is 11.3 Å². The Morgan fingerprint density at radius 3 is 2.50 bits per heavy atom. The molecule has 162 valence electrons. The Bertz CT molecular complexity index is 767. The number of hydrogen-bond donors (Lipinski definition) is 1. The normalized spacial score (nSPS) is 20.5. The molecule has 1 saturated heterocycles. The van der Waals surface area contributed by atoms with Gasteiger partial charge < -0.3 is 24.4 Å². The lowest BCUT2D eigenvalue weighted by molar-refractivity contribution is -0.153. The van der Waals surface area contributed by atoms with Crippen molar-refractivity contribution in [1.29, 1.82) is 5.26 Å². The number of amides is 2. The monoisotopic (exact) mass is 415 g/mol. The van der Waals surface area contributed by atoms with Crippen LogP contribution in [0.15, 0.2) is 30.3 Å². The number of carbonyl (C=O) groups is 2. The van der Waals surface area contributed by atoms with Crippen LogP contribution < -0.4 is 5.32 Å². The first-order chi connectivity index (χ1) is 14.5. The molecule has 8 nitrogen and oxygen atoms in total. The van der Waals surface area contributed by atoms with Crippen LogP contribution in [0.5, 0.6) is 0 Å². The van der Waals surface area contributed by atoms with Gasteiger partial charge in [-0.15, -0.1) is 0 Å². The molecule has 1 aliphatic carbocycles. The van der Waals surface area contributed by atoms with Crippen LogP contribution in [-0.4, -0.2) is 54.5 Å². The van der Waals surface area contributed by atoms with Gasteiger partial charge in [-0.1, -0.05) is 36.8 Å². The highest BCUT2D eigenvalue weighted by Gasteiger charge is 2.47. The molecule has 0 aromatic heterocycles. The zero-order chi connectivity index (χ0) is 21.5. The Kier molecular flexibility index (Phi) is 7.29. The second-order valence-electron chi connectivity index (χ2n) is 7.90. The van der Waals surface area contributed by atoms with Crippen LogP contribution in [0.4, 0.5) is 4.79 Å². The highest BCUT2D eigenvalue weighted by Crippen LogP contribution is 2.33. The summed E-state index contributed by atoms with van der Waals surface area (Å²) in [7, 11) is 0. The summed E-state index contributed by atoms with van der Waals surface area (Å²) >= 11 is 0. The molecule has 8 heteroatoms. The zero-order valence-electron chi connectivity index (χ0n) is 17.4. The average molecular weight is 415 g/mol. The van der Waals surface area contributed by atoms with Gasteiger partial charge in [0.05, 0.1) is 19.8 Å². The standard InChI is InChI=1S/C22H29N3O5/c1-21(17-23,29-16-18-8-4-2-5-9-18)24-19(26)22(10-6-3-7-11-22)30-20(27)25-12-14-28-15-13-25/h2,4-5,8-9H,3,6-7,10-16H2,1H3,(H,24,26). The lowest BCUT2D eigenvalue weighted by Crippen LogP contribution is -2.59. The van der Waals surface area contributed by atoms with Crippen molar-refractivity contribution >= 4 is 12.0 Å². The zero-order valence-corrected chi connectivity index (χ0v) is 17.4. The van der Waals surface area contributed by atoms with Crippen molar-refractivity contribution in [1.82, 2.24) is 10.2 Å². The third-order valence-electron chi connectivity index (χ3n) is 5.56. The first kappa shape index (κ1) is 22.1. The summed E-state index contributed by atoms with van der Waals surface area (Å²) < 4.78 is 16.8. The van der Waals surface area contributed by atoms with Gasteiger partial charge in [0.15, 0.2) is 5.60 Å². The lowest BCUT2D eigenvalue weighted by Gasteiger charge is -2.39. The molecule has 1 saturated carbocycles. The van der Waals surface area contributed by atoms with E-state index in [1.54, 1.807) is 4.90 Å². The minimum Gasteiger partial charge on any atom is -0.433 e. The largest absolute Gasteiger partial charge is 0.433 e. The molecule has 1 aliphatic heterocycles. The van der Waals surface area contributed by atoms with Gasteiger partial charge in [-0.2, -0.15) is 5.26 Å². The molecule has 3 rings (SSSR count). The van der Waals surface area contributed by atoms with E-state index in [1.807, 2.05) is 36.4 Å². The second-order valence-corrected chi connectivity index (χ2v) is 7.90. The number of nitrogens with one attached hydrogen (secondary N) is 1. The first-order valence-corrected chi connectivity index (χ1v) is 10.4. The molecule has 0 spiro atoms. The SMILES string of the molecule is CC(C#N)(NC(=O)C1(OC(=O)N2CCOCC2)CCCCC1)OCc1ccccc1. The van der Waals surface area contributed by atoms with Crippen LogP contribution in [0.1, 0.15) is 44.6 Å². The lowest BCUT2D eigenvalue weighted by atomic mass is 9.83. The molecule has 1 atom stereocenters. The quantitative estimate of drug-likeness (QED) is 0.717. The minimum atomic E-state index is -1.54. The van der Waals surface area contributed by atoms with E-state index in [-0.39, 0.29) is 6.61 Å². The Morgan fingerprint density at radius 2 is 1.87 bits per heavy atom. The molecule has 2 aliphatic rings. The molecule has 30 heavy (non-hydrogen) atoms. The summed E-state index contributed by atoms with van der Waals surface area (Å²) in [5.41, 5.74) is -1.94. The van der Waals surface area contributed by atoms with Crippen molar-refractivity contribution in [3.63, 3.8) is 0 Å². The number of morpholine rings is 1. The molecule has 1 aromatic carbocycles. The maximum absolute atomic E-state index is 13.3. The van der Waals surface area contributed by atoms with E-state index >= 15 is 0 Å². The molecule has 2 amide bonds. The molecule has 2 fully saturated rings. The van der Waals surface area contributed by atoms with Crippen LogP contribution in [0.3, 0.4) is 0 Å². The number of rotatable bonds is 6. The average Bonchev–Trinajstić information content (AvgIpc) is 2.79. The molecule has 1 N–H and O–H groups in total. The molecule has 0 bridgehead atoms. The Balaban J connectivity index is 1.68. The molecular formula is C22H29N3O5. The van der Waals surface area contributed by atoms with Crippen LogP contribution in [0.2, 0.25) is 0 Å². The highest BCUT2D eigenvalue weighted by atomic mass is 16.6. The molecule has 1 aromatic rings. The smallest absolute Gasteiger partial charge is 0.410 e. The molecule has 1 heterocycles. The number of carbonyl (C=O) groups excluding carboxylic acids is 2. The first-order valence-electron chi connectivity index (χ1n) is 10.4. The Hall–Kier alpha value is -2.63. The molecule has 1 unspecified atom stereocenters. The van der Waals surface area contributed by atoms with Gasteiger partial charge in [-0.3, -0.25) is 4.79 Å². The predicted molar refractivity (Wildman–Crippen MR) is 108 cm³/mol. The fraction of sp³-hybridized carbons (Fsp3) is 0.591. The Labute approximate surface area is 177 Å². The van der Waals surface area contributed by atoms with Crippen molar-refractivity contribution < 1.29 is 23.8 Å². The third kappa shape index (κ3) is 5.49. The topological polar surface area (TPSA) is 101 Å². The van der Waals surface area contributed by atoms with Gasteiger partial charge in [0, 0.05) is 13.1 Å². The summed E-state index contributed by atoms with van der Waals surface area (Å²) in [6, 6.07) is 11.4. The van der Waals surface area contributed by atoms with Crippen molar-refractivity contribution in [2.75, 3.05) is 26.3 Å². The molecular weight excluding hydrogens is 386 g/mol. The van der Waals surface area contributed by atoms with Crippen LogP contribution in [0.25, 0.3) is 0 Å². The summed E-state index contributed by atoms with van der Waals surface area (Å²) in [4.78, 5) is 27.5. The van der Waals surface area contributed by atoms with Crippen molar-refractivity contribution in [2.24, 2.45) is 0 Å². The van der Waals surface area contributed by atoms with Gasteiger partial charge in [0.25, 0.3) is 5.91 Å². The summed E-state index contributed by atoms with van der Waals surface area (Å²) in [5, 5.41) is 12.4. The fourth-order valence-electron chi connectivity index (χ4n) is 3.70. The summed E-state index contributed by atoms with van der Waals surface area (Å²) in [6.45, 7) is 3.46. The maximum Gasteiger partial charge on any atom is 0.410 e. The van der Waals surface area contributed by atoms with E-state index in [0.717, 1.165) is 24.8 Å². The van der Waals surface area contributed by atoms with E-state index < -0.39 is 23.3 Å². The number of ether oxygens (including phenoxy) is 3. The minimum absolute atomic E-state index is 0.172.